The van der Waals surface area contributed by atoms with Crippen LogP contribution in [0.2, 0.25) is 0 Å². The maximum absolute atomic E-state index is 12.8. The van der Waals surface area contributed by atoms with Crippen molar-refractivity contribution in [3.8, 4) is 0 Å². The number of H-pyrrole nitrogens is 1. The van der Waals surface area contributed by atoms with Gasteiger partial charge in [0.15, 0.2) is 0 Å². The van der Waals surface area contributed by atoms with Gasteiger partial charge in [-0.25, -0.2) is 9.78 Å². The average molecular weight is 379 g/mol. The SMILES string of the molecule is CC1=C(C(=O)NCc2cccc(C(F)(F)F)c2)C(c2cnc[nH]2)NC(=O)N1. The number of halogens is 3. The van der Waals surface area contributed by atoms with Crippen molar-refractivity contribution in [2.75, 3.05) is 0 Å². The monoisotopic (exact) mass is 379 g/mol. The number of imidazole rings is 1. The first kappa shape index (κ1) is 18.5. The molecule has 4 N–H and O–H groups in total. The van der Waals surface area contributed by atoms with Crippen molar-refractivity contribution in [1.29, 1.82) is 0 Å². The number of alkyl halides is 3. The van der Waals surface area contributed by atoms with E-state index in [1.165, 1.54) is 24.7 Å². The van der Waals surface area contributed by atoms with Gasteiger partial charge in [-0.05, 0) is 24.6 Å². The van der Waals surface area contributed by atoms with Gasteiger partial charge in [0.05, 0.1) is 29.4 Å². The predicted octanol–water partition coefficient (Wildman–Crippen LogP) is 2.37. The Morgan fingerprint density at radius 2 is 2.11 bits per heavy atom. The number of hydrogen-bond acceptors (Lipinski definition) is 3. The van der Waals surface area contributed by atoms with E-state index in [4.69, 9.17) is 0 Å². The molecule has 7 nitrogen and oxygen atoms in total. The number of aromatic amines is 1. The molecule has 0 saturated carbocycles. The molecule has 0 bridgehead atoms. The Kier molecular flexibility index (Phi) is 4.89. The van der Waals surface area contributed by atoms with Crippen LogP contribution in [0.1, 0.15) is 29.8 Å². The molecule has 1 unspecified atom stereocenters. The van der Waals surface area contributed by atoms with Gasteiger partial charge in [-0.1, -0.05) is 12.1 Å². The van der Waals surface area contributed by atoms with Crippen LogP contribution in [0, 0.1) is 0 Å². The number of carbonyl (C=O) groups excluding carboxylic acids is 2. The van der Waals surface area contributed by atoms with Gasteiger partial charge in [-0.2, -0.15) is 13.2 Å². The smallest absolute Gasteiger partial charge is 0.348 e. The van der Waals surface area contributed by atoms with Crippen LogP contribution in [0.5, 0.6) is 0 Å². The van der Waals surface area contributed by atoms with E-state index in [2.05, 4.69) is 25.9 Å². The van der Waals surface area contributed by atoms with Gasteiger partial charge in [-0.3, -0.25) is 4.79 Å². The van der Waals surface area contributed by atoms with E-state index in [1.807, 2.05) is 0 Å². The summed E-state index contributed by atoms with van der Waals surface area (Å²) in [7, 11) is 0. The van der Waals surface area contributed by atoms with Gasteiger partial charge in [0.2, 0.25) is 0 Å². The number of benzene rings is 1. The van der Waals surface area contributed by atoms with Crippen molar-refractivity contribution in [3.05, 3.63) is 64.9 Å². The molecule has 0 spiro atoms. The maximum atomic E-state index is 12.8. The van der Waals surface area contributed by atoms with E-state index in [9.17, 15) is 22.8 Å². The van der Waals surface area contributed by atoms with Gasteiger partial charge in [0.25, 0.3) is 5.91 Å². The highest BCUT2D eigenvalue weighted by atomic mass is 19.4. The molecule has 1 aliphatic heterocycles. The number of nitrogens with one attached hydrogen (secondary N) is 4. The van der Waals surface area contributed by atoms with Crippen LogP contribution in [-0.2, 0) is 17.5 Å². The number of carbonyl (C=O) groups is 2. The van der Waals surface area contributed by atoms with Crippen LogP contribution in [0.15, 0.2) is 48.1 Å². The lowest BCUT2D eigenvalue weighted by molar-refractivity contribution is -0.137. The topological polar surface area (TPSA) is 98.9 Å². The first-order valence-corrected chi connectivity index (χ1v) is 7.96. The standard InChI is InChI=1S/C17H16F3N5O2/c1-9-13(14(25-16(27)24-9)12-7-21-8-23-12)15(26)22-6-10-3-2-4-11(5-10)17(18,19)20/h2-5,7-8,14H,6H2,1H3,(H,21,23)(H,22,26)(H2,24,25,27). The first-order valence-electron chi connectivity index (χ1n) is 7.96. The fraction of sp³-hybridized carbons (Fsp3) is 0.235. The third kappa shape index (κ3) is 4.10. The lowest BCUT2D eigenvalue weighted by Gasteiger charge is -2.27. The molecular formula is C17H16F3N5O2. The van der Waals surface area contributed by atoms with E-state index in [0.717, 1.165) is 12.1 Å². The summed E-state index contributed by atoms with van der Waals surface area (Å²) in [6, 6.07) is 3.50. The van der Waals surface area contributed by atoms with Gasteiger partial charge >= 0.3 is 12.2 Å². The summed E-state index contributed by atoms with van der Waals surface area (Å²) in [6.07, 6.45) is -1.57. The first-order chi connectivity index (χ1) is 12.8. The Morgan fingerprint density at radius 1 is 1.33 bits per heavy atom. The quantitative estimate of drug-likeness (QED) is 0.656. The van der Waals surface area contributed by atoms with Crippen LogP contribution in [0.4, 0.5) is 18.0 Å². The minimum Gasteiger partial charge on any atom is -0.348 e. The second-order valence-electron chi connectivity index (χ2n) is 5.96. The van der Waals surface area contributed by atoms with E-state index in [-0.39, 0.29) is 12.1 Å². The molecule has 3 rings (SSSR count). The zero-order chi connectivity index (χ0) is 19.6. The van der Waals surface area contributed by atoms with Crippen LogP contribution in [-0.4, -0.2) is 21.9 Å². The largest absolute Gasteiger partial charge is 0.416 e. The second kappa shape index (κ2) is 7.14. The molecule has 1 aliphatic rings. The van der Waals surface area contributed by atoms with E-state index in [1.54, 1.807) is 6.92 Å². The lowest BCUT2D eigenvalue weighted by Crippen LogP contribution is -2.47. The van der Waals surface area contributed by atoms with Crippen LogP contribution >= 0.6 is 0 Å². The molecular weight excluding hydrogens is 363 g/mol. The predicted molar refractivity (Wildman–Crippen MR) is 89.0 cm³/mol. The number of rotatable bonds is 4. The second-order valence-corrected chi connectivity index (χ2v) is 5.96. The Hall–Kier alpha value is -3.30. The summed E-state index contributed by atoms with van der Waals surface area (Å²) in [6.45, 7) is 1.48. The van der Waals surface area contributed by atoms with Crippen LogP contribution < -0.4 is 16.0 Å². The van der Waals surface area contributed by atoms with Crippen LogP contribution in [0.25, 0.3) is 0 Å². The molecule has 10 heteroatoms. The van der Waals surface area contributed by atoms with Crippen molar-refractivity contribution in [2.24, 2.45) is 0 Å². The Bertz CT molecular complexity index is 890. The van der Waals surface area contributed by atoms with Crippen molar-refractivity contribution < 1.29 is 22.8 Å². The number of nitrogens with zero attached hydrogens (tertiary/aromatic N) is 1. The fourth-order valence-electron chi connectivity index (χ4n) is 2.79. The van der Waals surface area contributed by atoms with Crippen molar-refractivity contribution >= 4 is 11.9 Å². The van der Waals surface area contributed by atoms with E-state index >= 15 is 0 Å². The summed E-state index contributed by atoms with van der Waals surface area (Å²) in [4.78, 5) is 31.1. The lowest BCUT2D eigenvalue weighted by atomic mass is 9.99. The maximum Gasteiger partial charge on any atom is 0.416 e. The molecule has 27 heavy (non-hydrogen) atoms. The third-order valence-corrected chi connectivity index (χ3v) is 4.05. The molecule has 0 aliphatic carbocycles. The van der Waals surface area contributed by atoms with Gasteiger partial charge < -0.3 is 20.9 Å². The van der Waals surface area contributed by atoms with Gasteiger partial charge in [0, 0.05) is 12.2 Å². The molecule has 0 radical (unpaired) electrons. The molecule has 3 amide bonds. The summed E-state index contributed by atoms with van der Waals surface area (Å²) >= 11 is 0. The Labute approximate surface area is 152 Å². The highest BCUT2D eigenvalue weighted by Gasteiger charge is 2.32. The Balaban J connectivity index is 1.78. The zero-order valence-corrected chi connectivity index (χ0v) is 14.1. The van der Waals surface area contributed by atoms with E-state index in [0.29, 0.717) is 17.0 Å². The highest BCUT2D eigenvalue weighted by molar-refractivity contribution is 5.98. The van der Waals surface area contributed by atoms with Crippen molar-refractivity contribution in [3.63, 3.8) is 0 Å². The van der Waals surface area contributed by atoms with Gasteiger partial charge in [-0.15, -0.1) is 0 Å². The molecule has 2 aromatic rings. The van der Waals surface area contributed by atoms with Crippen LogP contribution in [0.3, 0.4) is 0 Å². The summed E-state index contributed by atoms with van der Waals surface area (Å²) in [5, 5.41) is 7.73. The molecule has 1 atom stereocenters. The zero-order valence-electron chi connectivity index (χ0n) is 14.1. The van der Waals surface area contributed by atoms with Crippen molar-refractivity contribution in [2.45, 2.75) is 25.7 Å². The summed E-state index contributed by atoms with van der Waals surface area (Å²) in [5.74, 6) is -0.517. The molecule has 2 heterocycles. The molecule has 0 saturated heterocycles. The molecule has 0 fully saturated rings. The molecule has 142 valence electrons. The fourth-order valence-corrected chi connectivity index (χ4v) is 2.79. The Morgan fingerprint density at radius 3 is 2.78 bits per heavy atom. The summed E-state index contributed by atoms with van der Waals surface area (Å²) in [5.41, 5.74) is 0.619. The minimum absolute atomic E-state index is 0.0941. The third-order valence-electron chi connectivity index (χ3n) is 4.05. The number of urea groups is 1. The number of amides is 3. The normalized spacial score (nSPS) is 17.3. The number of hydrogen-bond donors (Lipinski definition) is 4. The van der Waals surface area contributed by atoms with Crippen molar-refractivity contribution in [1.82, 2.24) is 25.9 Å². The summed E-state index contributed by atoms with van der Waals surface area (Å²) < 4.78 is 38.4. The molecule has 1 aromatic carbocycles. The number of aromatic nitrogens is 2. The highest BCUT2D eigenvalue weighted by Crippen LogP contribution is 2.29. The average Bonchev–Trinajstić information content (AvgIpc) is 3.13. The molecule has 1 aromatic heterocycles. The van der Waals surface area contributed by atoms with Gasteiger partial charge in [0.1, 0.15) is 6.04 Å². The number of allylic oxidation sites excluding steroid dienone is 1. The van der Waals surface area contributed by atoms with E-state index < -0.39 is 29.7 Å². The minimum atomic E-state index is -4.46.